The SMILES string of the molecule is CCCCCCCCC/C=C\CCCCCCCC(=O)NC(COP(=O)([O-])OCC[N+](C)(C)C)C(O)CCCCCCCCCCCCCCCCCCCCCCCCCCC. The fourth-order valence-corrected chi connectivity index (χ4v) is 9.11. The van der Waals surface area contributed by atoms with Gasteiger partial charge >= 0.3 is 0 Å². The fraction of sp³-hybridized carbons (Fsp3) is 0.944. The van der Waals surface area contributed by atoms with Crippen molar-refractivity contribution in [3.05, 3.63) is 12.2 Å². The summed E-state index contributed by atoms with van der Waals surface area (Å²) in [5.41, 5.74) is 0. The minimum Gasteiger partial charge on any atom is -0.756 e. The number of rotatable bonds is 51. The Morgan fingerprint density at radius 2 is 0.873 bits per heavy atom. The molecule has 0 bridgehead atoms. The Morgan fingerprint density at radius 1 is 0.540 bits per heavy atom. The molecule has 0 aromatic carbocycles. The van der Waals surface area contributed by atoms with E-state index in [4.69, 9.17) is 9.05 Å². The molecule has 0 radical (unpaired) electrons. The number of allylic oxidation sites excluding steroid dienone is 2. The number of aliphatic hydroxyl groups excluding tert-OH is 1. The molecule has 376 valence electrons. The second-order valence-corrected chi connectivity index (χ2v) is 21.7. The lowest BCUT2D eigenvalue weighted by atomic mass is 10.0. The second-order valence-electron chi connectivity index (χ2n) is 20.3. The largest absolute Gasteiger partial charge is 0.756 e. The Bertz CT molecular complexity index is 1040. The van der Waals surface area contributed by atoms with Crippen LogP contribution in [0, 0.1) is 0 Å². The lowest BCUT2D eigenvalue weighted by Crippen LogP contribution is -2.46. The summed E-state index contributed by atoms with van der Waals surface area (Å²) in [5.74, 6) is -0.169. The highest BCUT2D eigenvalue weighted by Gasteiger charge is 2.24. The molecule has 0 aliphatic heterocycles. The van der Waals surface area contributed by atoms with Gasteiger partial charge in [-0.25, -0.2) is 0 Å². The van der Waals surface area contributed by atoms with Crippen molar-refractivity contribution < 1.29 is 32.9 Å². The Hall–Kier alpha value is -0.760. The summed E-state index contributed by atoms with van der Waals surface area (Å²) in [4.78, 5) is 25.5. The van der Waals surface area contributed by atoms with Crippen molar-refractivity contribution in [2.24, 2.45) is 0 Å². The Labute approximate surface area is 392 Å². The van der Waals surface area contributed by atoms with Gasteiger partial charge in [0.1, 0.15) is 13.2 Å². The summed E-state index contributed by atoms with van der Waals surface area (Å²) in [5, 5.41) is 14.0. The first-order chi connectivity index (χ1) is 30.5. The van der Waals surface area contributed by atoms with Crippen LogP contribution in [0.25, 0.3) is 0 Å². The number of nitrogens with zero attached hydrogens (tertiary/aromatic N) is 1. The standard InChI is InChI=1S/C54H109N2O6P/c1-6-8-10-12-14-16-18-20-22-24-25-26-27-28-29-30-31-32-33-35-37-39-41-43-45-47-53(57)52(51-62-63(59,60)61-50-49-56(3,4)5)55-54(58)48-46-44-42-40-38-36-34-23-21-19-17-15-13-11-9-7-2/h23,34,52-53,57H,6-22,24-33,35-51H2,1-5H3,(H-,55,58,59,60)/b34-23-. The number of carbonyl (C=O) groups is 1. The number of likely N-dealkylation sites (N-methyl/N-ethyl adjacent to an activating group) is 1. The first kappa shape index (κ1) is 62.2. The van der Waals surface area contributed by atoms with E-state index in [0.717, 1.165) is 51.4 Å². The third kappa shape index (κ3) is 49.0. The average Bonchev–Trinajstić information content (AvgIpc) is 3.24. The molecule has 3 atom stereocenters. The van der Waals surface area contributed by atoms with Gasteiger partial charge in [0.15, 0.2) is 0 Å². The van der Waals surface area contributed by atoms with E-state index in [-0.39, 0.29) is 19.1 Å². The van der Waals surface area contributed by atoms with Crippen molar-refractivity contribution in [1.29, 1.82) is 0 Å². The molecule has 0 aromatic heterocycles. The normalized spacial score (nSPS) is 14.1. The third-order valence-corrected chi connectivity index (χ3v) is 13.7. The Kier molecular flexibility index (Phi) is 45.8. The predicted molar refractivity (Wildman–Crippen MR) is 270 cm³/mol. The van der Waals surface area contributed by atoms with Crippen molar-refractivity contribution in [2.75, 3.05) is 40.9 Å². The first-order valence-electron chi connectivity index (χ1n) is 27.5. The number of phosphoric ester groups is 1. The molecule has 0 fully saturated rings. The number of hydrogen-bond donors (Lipinski definition) is 2. The Balaban J connectivity index is 4.15. The molecule has 0 aliphatic rings. The van der Waals surface area contributed by atoms with Crippen LogP contribution in [-0.2, 0) is 18.4 Å². The number of carbonyl (C=O) groups excluding carboxylic acids is 1. The molecule has 0 spiro atoms. The summed E-state index contributed by atoms with van der Waals surface area (Å²) in [6, 6.07) is -0.802. The summed E-state index contributed by atoms with van der Waals surface area (Å²) < 4.78 is 23.4. The highest BCUT2D eigenvalue weighted by atomic mass is 31.2. The van der Waals surface area contributed by atoms with Crippen molar-refractivity contribution >= 4 is 13.7 Å². The number of nitrogens with one attached hydrogen (secondary N) is 1. The van der Waals surface area contributed by atoms with Crippen LogP contribution in [0.5, 0.6) is 0 Å². The van der Waals surface area contributed by atoms with E-state index in [2.05, 4.69) is 31.3 Å². The van der Waals surface area contributed by atoms with E-state index in [1.165, 1.54) is 199 Å². The number of unbranched alkanes of at least 4 members (excludes halogenated alkanes) is 36. The van der Waals surface area contributed by atoms with Crippen LogP contribution in [0.15, 0.2) is 12.2 Å². The molecule has 0 aromatic rings. The number of amides is 1. The molecule has 0 heterocycles. The lowest BCUT2D eigenvalue weighted by molar-refractivity contribution is -0.870. The maximum Gasteiger partial charge on any atom is 0.268 e. The highest BCUT2D eigenvalue weighted by Crippen LogP contribution is 2.38. The van der Waals surface area contributed by atoms with Gasteiger partial charge in [-0.2, -0.15) is 0 Å². The van der Waals surface area contributed by atoms with E-state index in [1.807, 2.05) is 21.1 Å². The summed E-state index contributed by atoms with van der Waals surface area (Å²) in [6.07, 6.45) is 55.2. The smallest absolute Gasteiger partial charge is 0.268 e. The molecule has 0 aliphatic carbocycles. The van der Waals surface area contributed by atoms with E-state index in [1.54, 1.807) is 0 Å². The van der Waals surface area contributed by atoms with Gasteiger partial charge in [-0.1, -0.05) is 244 Å². The van der Waals surface area contributed by atoms with Crippen LogP contribution < -0.4 is 10.2 Å². The molecule has 1 amide bonds. The first-order valence-corrected chi connectivity index (χ1v) is 29.0. The zero-order chi connectivity index (χ0) is 46.4. The van der Waals surface area contributed by atoms with Crippen LogP contribution in [0.2, 0.25) is 0 Å². The van der Waals surface area contributed by atoms with Gasteiger partial charge in [0.25, 0.3) is 7.82 Å². The molecular weight excluding hydrogens is 804 g/mol. The van der Waals surface area contributed by atoms with Gasteiger partial charge in [-0.15, -0.1) is 0 Å². The van der Waals surface area contributed by atoms with Gasteiger partial charge in [-0.05, 0) is 38.5 Å². The van der Waals surface area contributed by atoms with E-state index < -0.39 is 20.0 Å². The number of phosphoric acid groups is 1. The minimum absolute atomic E-state index is 0.0129. The molecular formula is C54H109N2O6P. The van der Waals surface area contributed by atoms with Crippen LogP contribution in [0.4, 0.5) is 0 Å². The van der Waals surface area contributed by atoms with Crippen molar-refractivity contribution in [3.63, 3.8) is 0 Å². The van der Waals surface area contributed by atoms with Crippen LogP contribution in [0.3, 0.4) is 0 Å². The number of quaternary nitrogens is 1. The predicted octanol–water partition coefficient (Wildman–Crippen LogP) is 15.6. The quantitative estimate of drug-likeness (QED) is 0.0272. The minimum atomic E-state index is -4.57. The van der Waals surface area contributed by atoms with E-state index >= 15 is 0 Å². The molecule has 0 saturated heterocycles. The molecule has 3 unspecified atom stereocenters. The Morgan fingerprint density at radius 3 is 1.24 bits per heavy atom. The molecule has 8 nitrogen and oxygen atoms in total. The van der Waals surface area contributed by atoms with Crippen molar-refractivity contribution in [2.45, 2.75) is 289 Å². The van der Waals surface area contributed by atoms with Gasteiger partial charge in [-0.3, -0.25) is 9.36 Å². The molecule has 0 saturated carbocycles. The van der Waals surface area contributed by atoms with Gasteiger partial charge < -0.3 is 28.8 Å². The van der Waals surface area contributed by atoms with E-state index in [9.17, 15) is 19.4 Å². The van der Waals surface area contributed by atoms with Gasteiger partial charge in [0.05, 0.1) is 39.9 Å². The summed E-state index contributed by atoms with van der Waals surface area (Å²) in [7, 11) is 1.31. The fourth-order valence-electron chi connectivity index (χ4n) is 8.39. The molecule has 2 N–H and O–H groups in total. The summed E-state index contributed by atoms with van der Waals surface area (Å²) >= 11 is 0. The average molecular weight is 913 g/mol. The molecule has 63 heavy (non-hydrogen) atoms. The van der Waals surface area contributed by atoms with E-state index in [0.29, 0.717) is 23.9 Å². The van der Waals surface area contributed by atoms with Crippen molar-refractivity contribution in [3.8, 4) is 0 Å². The van der Waals surface area contributed by atoms with Gasteiger partial charge in [0, 0.05) is 6.42 Å². The zero-order valence-corrected chi connectivity index (χ0v) is 43.7. The van der Waals surface area contributed by atoms with Gasteiger partial charge in [0.2, 0.25) is 5.91 Å². The maximum absolute atomic E-state index is 12.9. The molecule has 9 heteroatoms. The van der Waals surface area contributed by atoms with Crippen LogP contribution in [0.1, 0.15) is 277 Å². The highest BCUT2D eigenvalue weighted by molar-refractivity contribution is 7.45. The number of aliphatic hydroxyl groups is 1. The lowest BCUT2D eigenvalue weighted by Gasteiger charge is -2.30. The zero-order valence-electron chi connectivity index (χ0n) is 42.8. The third-order valence-electron chi connectivity index (χ3n) is 12.8. The van der Waals surface area contributed by atoms with Crippen molar-refractivity contribution in [1.82, 2.24) is 5.32 Å². The maximum atomic E-state index is 12.9. The van der Waals surface area contributed by atoms with Crippen LogP contribution >= 0.6 is 7.82 Å². The topological polar surface area (TPSA) is 108 Å². The second kappa shape index (κ2) is 46.4. The monoisotopic (exact) mass is 913 g/mol. The molecule has 0 rings (SSSR count). The van der Waals surface area contributed by atoms with Crippen LogP contribution in [-0.4, -0.2) is 68.5 Å². The number of hydrogen-bond acceptors (Lipinski definition) is 6. The summed E-state index contributed by atoms with van der Waals surface area (Å²) in [6.45, 7) is 4.75.